The zero-order chi connectivity index (χ0) is 7.14. The number of hydrogen-bond donors (Lipinski definition) is 0. The Morgan fingerprint density at radius 1 is 1.40 bits per heavy atom. The van der Waals surface area contributed by atoms with Gasteiger partial charge in [-0.25, -0.2) is 0 Å². The van der Waals surface area contributed by atoms with Crippen LogP contribution >= 0.6 is 0 Å². The summed E-state index contributed by atoms with van der Waals surface area (Å²) in [6.07, 6.45) is 5.31. The Bertz CT molecular complexity index is 203. The van der Waals surface area contributed by atoms with Gasteiger partial charge in [0.15, 0.2) is 0 Å². The number of ketones is 1. The SMILES string of the molecule is C/C=C1/C[C@@H]2CC(=O)[C@@H]2C1. The Balaban J connectivity index is 2.12. The molecule has 2 saturated carbocycles. The van der Waals surface area contributed by atoms with Gasteiger partial charge < -0.3 is 0 Å². The molecule has 0 saturated heterocycles. The van der Waals surface area contributed by atoms with Crippen LogP contribution in [0, 0.1) is 11.8 Å². The molecule has 2 aliphatic carbocycles. The van der Waals surface area contributed by atoms with Crippen LogP contribution in [0.25, 0.3) is 0 Å². The Labute approximate surface area is 61.1 Å². The van der Waals surface area contributed by atoms with Gasteiger partial charge >= 0.3 is 0 Å². The third kappa shape index (κ3) is 0.664. The second kappa shape index (κ2) is 1.94. The molecule has 0 amide bonds. The molecular formula is C9H12O. The monoisotopic (exact) mass is 136 g/mol. The molecule has 2 aliphatic rings. The van der Waals surface area contributed by atoms with Gasteiger partial charge in [-0.3, -0.25) is 4.79 Å². The normalized spacial score (nSPS) is 41.7. The quantitative estimate of drug-likeness (QED) is 0.465. The molecule has 0 radical (unpaired) electrons. The first-order chi connectivity index (χ1) is 4.81. The third-order valence-corrected chi connectivity index (χ3v) is 2.86. The molecule has 2 rings (SSSR count). The van der Waals surface area contributed by atoms with Crippen LogP contribution in [0.3, 0.4) is 0 Å². The van der Waals surface area contributed by atoms with Crippen molar-refractivity contribution in [2.24, 2.45) is 11.8 Å². The number of fused-ring (bicyclic) bond motifs is 1. The highest BCUT2D eigenvalue weighted by molar-refractivity contribution is 5.88. The minimum absolute atomic E-state index is 0.436. The maximum absolute atomic E-state index is 10.9. The highest BCUT2D eigenvalue weighted by Crippen LogP contribution is 2.46. The first kappa shape index (κ1) is 6.14. The fourth-order valence-corrected chi connectivity index (χ4v) is 2.09. The van der Waals surface area contributed by atoms with E-state index in [-0.39, 0.29) is 0 Å². The second-order valence-corrected chi connectivity index (χ2v) is 3.39. The van der Waals surface area contributed by atoms with E-state index in [0.29, 0.717) is 11.7 Å². The molecular weight excluding hydrogens is 124 g/mol. The number of carbonyl (C=O) groups is 1. The topological polar surface area (TPSA) is 17.1 Å². The van der Waals surface area contributed by atoms with Crippen molar-refractivity contribution in [1.29, 1.82) is 0 Å². The lowest BCUT2D eigenvalue weighted by atomic mass is 9.75. The summed E-state index contributed by atoms with van der Waals surface area (Å²) >= 11 is 0. The molecule has 1 heteroatoms. The lowest BCUT2D eigenvalue weighted by Gasteiger charge is -2.27. The van der Waals surface area contributed by atoms with Crippen molar-refractivity contribution in [2.45, 2.75) is 26.2 Å². The van der Waals surface area contributed by atoms with E-state index in [2.05, 4.69) is 13.0 Å². The molecule has 0 N–H and O–H groups in total. The van der Waals surface area contributed by atoms with Crippen LogP contribution in [0.15, 0.2) is 11.6 Å². The Kier molecular flexibility index (Phi) is 1.19. The van der Waals surface area contributed by atoms with Gasteiger partial charge in [-0.1, -0.05) is 11.6 Å². The van der Waals surface area contributed by atoms with Gasteiger partial charge in [-0.15, -0.1) is 0 Å². The van der Waals surface area contributed by atoms with Gasteiger partial charge in [-0.05, 0) is 25.7 Å². The standard InChI is InChI=1S/C9H12O/c1-2-6-3-7-5-9(10)8(7)4-6/h2,7-8H,3-5H2,1H3/b6-2-/t7-,8-/m1/s1. The highest BCUT2D eigenvalue weighted by Gasteiger charge is 2.44. The number of rotatable bonds is 0. The summed E-state index contributed by atoms with van der Waals surface area (Å²) in [5.41, 5.74) is 1.50. The van der Waals surface area contributed by atoms with Crippen LogP contribution in [-0.2, 0) is 4.79 Å². The van der Waals surface area contributed by atoms with E-state index in [1.54, 1.807) is 0 Å². The number of Topliss-reactive ketones (excluding diaryl/α,β-unsaturated/α-hetero) is 1. The predicted molar refractivity (Wildman–Crippen MR) is 39.6 cm³/mol. The number of allylic oxidation sites excluding steroid dienone is 2. The van der Waals surface area contributed by atoms with Crippen LogP contribution in [0.5, 0.6) is 0 Å². The van der Waals surface area contributed by atoms with Crippen molar-refractivity contribution < 1.29 is 4.79 Å². The third-order valence-electron chi connectivity index (χ3n) is 2.86. The minimum atomic E-state index is 0.436. The van der Waals surface area contributed by atoms with Crippen molar-refractivity contribution in [2.75, 3.05) is 0 Å². The van der Waals surface area contributed by atoms with Gasteiger partial charge in [-0.2, -0.15) is 0 Å². The largest absolute Gasteiger partial charge is 0.299 e. The van der Waals surface area contributed by atoms with Gasteiger partial charge in [0, 0.05) is 12.3 Å². The fraction of sp³-hybridized carbons (Fsp3) is 0.667. The van der Waals surface area contributed by atoms with Crippen LogP contribution < -0.4 is 0 Å². The molecule has 54 valence electrons. The molecule has 0 spiro atoms. The van der Waals surface area contributed by atoms with Crippen molar-refractivity contribution in [3.05, 3.63) is 11.6 Å². The number of carbonyl (C=O) groups excluding carboxylic acids is 1. The van der Waals surface area contributed by atoms with Gasteiger partial charge in [0.2, 0.25) is 0 Å². The summed E-state index contributed by atoms with van der Waals surface area (Å²) < 4.78 is 0. The van der Waals surface area contributed by atoms with E-state index in [4.69, 9.17) is 0 Å². The summed E-state index contributed by atoms with van der Waals surface area (Å²) in [5.74, 6) is 1.67. The van der Waals surface area contributed by atoms with E-state index in [9.17, 15) is 4.79 Å². The van der Waals surface area contributed by atoms with E-state index in [1.807, 2.05) is 0 Å². The predicted octanol–water partition coefficient (Wildman–Crippen LogP) is 1.93. The van der Waals surface area contributed by atoms with Gasteiger partial charge in [0.25, 0.3) is 0 Å². The summed E-state index contributed by atoms with van der Waals surface area (Å²) in [6.45, 7) is 2.07. The Hall–Kier alpha value is -0.590. The van der Waals surface area contributed by atoms with Crippen molar-refractivity contribution in [1.82, 2.24) is 0 Å². The van der Waals surface area contributed by atoms with Crippen molar-refractivity contribution >= 4 is 5.78 Å². The smallest absolute Gasteiger partial charge is 0.136 e. The molecule has 10 heavy (non-hydrogen) atoms. The summed E-state index contributed by atoms with van der Waals surface area (Å²) in [6, 6.07) is 0. The van der Waals surface area contributed by atoms with E-state index in [0.717, 1.165) is 18.8 Å². The Morgan fingerprint density at radius 2 is 2.20 bits per heavy atom. The molecule has 0 unspecified atom stereocenters. The van der Waals surface area contributed by atoms with Crippen molar-refractivity contribution in [3.8, 4) is 0 Å². The Morgan fingerprint density at radius 3 is 2.70 bits per heavy atom. The average molecular weight is 136 g/mol. The molecule has 0 aromatic carbocycles. The average Bonchev–Trinajstić information content (AvgIpc) is 2.26. The minimum Gasteiger partial charge on any atom is -0.299 e. The zero-order valence-electron chi connectivity index (χ0n) is 6.26. The van der Waals surface area contributed by atoms with Crippen LogP contribution in [-0.4, -0.2) is 5.78 Å². The zero-order valence-corrected chi connectivity index (χ0v) is 6.26. The first-order valence-electron chi connectivity index (χ1n) is 3.98. The fourth-order valence-electron chi connectivity index (χ4n) is 2.09. The maximum Gasteiger partial charge on any atom is 0.136 e. The lowest BCUT2D eigenvalue weighted by Crippen LogP contribution is -2.32. The van der Waals surface area contributed by atoms with Crippen LogP contribution in [0.4, 0.5) is 0 Å². The van der Waals surface area contributed by atoms with E-state index >= 15 is 0 Å². The first-order valence-corrected chi connectivity index (χ1v) is 3.98. The lowest BCUT2D eigenvalue weighted by molar-refractivity contribution is -0.132. The molecule has 1 nitrogen and oxygen atoms in total. The molecule has 0 aromatic rings. The second-order valence-electron chi connectivity index (χ2n) is 3.39. The molecule has 2 atom stereocenters. The number of hydrogen-bond acceptors (Lipinski definition) is 1. The molecule has 2 fully saturated rings. The molecule has 0 aromatic heterocycles. The summed E-state index contributed by atoms with van der Waals surface area (Å²) in [7, 11) is 0. The molecule has 0 heterocycles. The van der Waals surface area contributed by atoms with E-state index < -0.39 is 0 Å². The molecule has 0 aliphatic heterocycles. The van der Waals surface area contributed by atoms with Gasteiger partial charge in [0.05, 0.1) is 0 Å². The van der Waals surface area contributed by atoms with Crippen molar-refractivity contribution in [3.63, 3.8) is 0 Å². The maximum atomic E-state index is 10.9. The van der Waals surface area contributed by atoms with E-state index in [1.165, 1.54) is 12.0 Å². The summed E-state index contributed by atoms with van der Waals surface area (Å²) in [5, 5.41) is 0. The highest BCUT2D eigenvalue weighted by atomic mass is 16.1. The van der Waals surface area contributed by atoms with Crippen LogP contribution in [0.1, 0.15) is 26.2 Å². The molecule has 0 bridgehead atoms. The summed E-state index contributed by atoms with van der Waals surface area (Å²) in [4.78, 5) is 10.9. The van der Waals surface area contributed by atoms with Crippen LogP contribution in [0.2, 0.25) is 0 Å². The van der Waals surface area contributed by atoms with Gasteiger partial charge in [0.1, 0.15) is 5.78 Å².